The Morgan fingerprint density at radius 1 is 1.03 bits per heavy atom. The molecule has 160 valence electrons. The van der Waals surface area contributed by atoms with Crippen LogP contribution < -0.4 is 10.2 Å². The van der Waals surface area contributed by atoms with E-state index in [2.05, 4.69) is 20.8 Å². The van der Waals surface area contributed by atoms with E-state index < -0.39 is 0 Å². The van der Waals surface area contributed by atoms with Crippen LogP contribution in [0, 0.1) is 0 Å². The highest BCUT2D eigenvalue weighted by Crippen LogP contribution is 2.35. The normalized spacial score (nSPS) is 24.7. The van der Waals surface area contributed by atoms with Gasteiger partial charge in [-0.05, 0) is 34.7 Å². The van der Waals surface area contributed by atoms with Crippen molar-refractivity contribution in [3.63, 3.8) is 0 Å². The van der Waals surface area contributed by atoms with Gasteiger partial charge in [-0.25, -0.2) is 4.68 Å². The van der Waals surface area contributed by atoms with Crippen LogP contribution in [0.5, 0.6) is 0 Å². The maximum Gasteiger partial charge on any atom is 0.251 e. The lowest BCUT2D eigenvalue weighted by Gasteiger charge is -2.18. The Kier molecular flexibility index (Phi) is 5.13. The minimum atomic E-state index is -0.247. The van der Waals surface area contributed by atoms with Gasteiger partial charge in [0.1, 0.15) is 18.2 Å². The predicted molar refractivity (Wildman–Crippen MR) is 114 cm³/mol. The van der Waals surface area contributed by atoms with Gasteiger partial charge in [0.25, 0.3) is 5.91 Å². The predicted octanol–water partition coefficient (Wildman–Crippen LogP) is 1.54. The van der Waals surface area contributed by atoms with Crippen LogP contribution in [0.15, 0.2) is 54.6 Å². The second kappa shape index (κ2) is 8.09. The number of tetrazole rings is 1. The minimum absolute atomic E-state index is 0.140. The van der Waals surface area contributed by atoms with E-state index in [4.69, 9.17) is 9.47 Å². The number of carbonyl (C=O) groups excluding carboxylic acids is 1. The van der Waals surface area contributed by atoms with Gasteiger partial charge in [0.15, 0.2) is 5.82 Å². The zero-order valence-electron chi connectivity index (χ0n) is 17.4. The molecule has 2 aliphatic heterocycles. The largest absolute Gasteiger partial charge is 0.378 e. The van der Waals surface area contributed by atoms with Gasteiger partial charge in [0.05, 0.1) is 19.3 Å². The molecule has 2 saturated heterocycles. The van der Waals surface area contributed by atoms with Gasteiger partial charge in [0, 0.05) is 30.9 Å². The summed E-state index contributed by atoms with van der Waals surface area (Å²) in [6.07, 6.45) is -0.477. The molecule has 1 N–H and O–H groups in total. The van der Waals surface area contributed by atoms with Crippen molar-refractivity contribution in [3.05, 3.63) is 60.2 Å². The summed E-state index contributed by atoms with van der Waals surface area (Å²) in [6, 6.07) is 16.9. The molecular weight excluding hydrogens is 396 g/mol. The third kappa shape index (κ3) is 3.66. The molecule has 5 rings (SSSR count). The Labute approximate surface area is 180 Å². The van der Waals surface area contributed by atoms with Crippen LogP contribution in [-0.4, -0.2) is 71.7 Å². The number of nitrogens with one attached hydrogen (secondary N) is 1. The average Bonchev–Trinajstić information content (AvgIpc) is 3.52. The first-order valence-corrected chi connectivity index (χ1v) is 10.3. The van der Waals surface area contributed by atoms with Gasteiger partial charge >= 0.3 is 0 Å². The second-order valence-electron chi connectivity index (χ2n) is 8.00. The average molecular weight is 420 g/mol. The molecule has 0 bridgehead atoms. The number of nitrogens with zero attached hydrogens (tertiary/aromatic N) is 5. The zero-order chi connectivity index (χ0) is 21.4. The van der Waals surface area contributed by atoms with Crippen molar-refractivity contribution < 1.29 is 14.3 Å². The molecule has 3 heterocycles. The van der Waals surface area contributed by atoms with E-state index in [0.29, 0.717) is 24.6 Å². The van der Waals surface area contributed by atoms with E-state index in [1.807, 2.05) is 73.6 Å². The van der Waals surface area contributed by atoms with E-state index in [1.54, 1.807) is 4.68 Å². The van der Waals surface area contributed by atoms with Crippen LogP contribution in [0.1, 0.15) is 16.4 Å². The minimum Gasteiger partial charge on any atom is -0.378 e. The Balaban J connectivity index is 1.29. The lowest BCUT2D eigenvalue weighted by atomic mass is 10.1. The number of amides is 1. The van der Waals surface area contributed by atoms with Crippen molar-refractivity contribution in [2.75, 3.05) is 32.2 Å². The van der Waals surface area contributed by atoms with E-state index in [-0.39, 0.29) is 30.2 Å². The van der Waals surface area contributed by atoms with Crippen LogP contribution in [0.2, 0.25) is 0 Å². The van der Waals surface area contributed by atoms with E-state index in [1.165, 1.54) is 0 Å². The highest BCUT2D eigenvalue weighted by atomic mass is 16.6. The number of aromatic nitrogens is 4. The Hall–Kier alpha value is -3.30. The smallest absolute Gasteiger partial charge is 0.251 e. The van der Waals surface area contributed by atoms with Crippen molar-refractivity contribution in [1.82, 2.24) is 25.5 Å². The molecule has 2 aromatic carbocycles. The van der Waals surface area contributed by atoms with Crippen molar-refractivity contribution in [2.45, 2.75) is 24.3 Å². The molecule has 9 nitrogen and oxygen atoms in total. The third-order valence-corrected chi connectivity index (χ3v) is 5.83. The quantitative estimate of drug-likeness (QED) is 0.669. The molecule has 9 heteroatoms. The van der Waals surface area contributed by atoms with Crippen molar-refractivity contribution in [1.29, 1.82) is 0 Å². The molecule has 1 aromatic heterocycles. The Morgan fingerprint density at radius 3 is 2.52 bits per heavy atom. The number of rotatable bonds is 5. The summed E-state index contributed by atoms with van der Waals surface area (Å²) >= 11 is 0. The van der Waals surface area contributed by atoms with Crippen LogP contribution in [0.4, 0.5) is 5.69 Å². The molecule has 4 atom stereocenters. The number of fused-ring (bicyclic) bond motifs is 1. The molecule has 2 aliphatic rings. The standard InChI is InChI=1S/C22H24N6O3/c1-27(2)16-10-8-15(9-11-16)22(29)23-17-12-30-20-18(13-31-19(17)20)28-21(24-25-26-28)14-6-4-3-5-7-14/h3-11,17-20H,12-13H2,1-2H3,(H,23,29)/t17-,18+,19-,20+/m1/s1. The van der Waals surface area contributed by atoms with Gasteiger partial charge in [-0.1, -0.05) is 30.3 Å². The van der Waals surface area contributed by atoms with Gasteiger partial charge in [-0.3, -0.25) is 4.79 Å². The first-order valence-electron chi connectivity index (χ1n) is 10.3. The van der Waals surface area contributed by atoms with Gasteiger partial charge in [0.2, 0.25) is 0 Å². The van der Waals surface area contributed by atoms with E-state index in [0.717, 1.165) is 11.3 Å². The van der Waals surface area contributed by atoms with Gasteiger partial charge in [-0.15, -0.1) is 5.10 Å². The van der Waals surface area contributed by atoms with Crippen LogP contribution >= 0.6 is 0 Å². The fraction of sp³-hybridized carbons (Fsp3) is 0.364. The summed E-state index contributed by atoms with van der Waals surface area (Å²) in [5, 5.41) is 15.3. The molecule has 31 heavy (non-hydrogen) atoms. The maximum absolute atomic E-state index is 12.7. The molecule has 1 amide bonds. The number of ether oxygens (including phenoxy) is 2. The summed E-state index contributed by atoms with van der Waals surface area (Å²) in [7, 11) is 3.93. The summed E-state index contributed by atoms with van der Waals surface area (Å²) in [5.74, 6) is 0.533. The number of hydrogen-bond acceptors (Lipinski definition) is 7. The topological polar surface area (TPSA) is 94.4 Å². The number of benzene rings is 2. The maximum atomic E-state index is 12.7. The molecule has 0 saturated carbocycles. The molecule has 0 unspecified atom stereocenters. The SMILES string of the molecule is CN(C)c1ccc(C(=O)N[C@@H]2CO[C@@H]3[C@@H]2OC[C@@H]3n2nnnc2-c2ccccc2)cc1. The summed E-state index contributed by atoms with van der Waals surface area (Å²) in [5.41, 5.74) is 2.58. The zero-order valence-corrected chi connectivity index (χ0v) is 17.4. The molecule has 0 spiro atoms. The molecule has 0 aliphatic carbocycles. The molecule has 0 radical (unpaired) electrons. The summed E-state index contributed by atoms with van der Waals surface area (Å²) in [6.45, 7) is 0.806. The van der Waals surface area contributed by atoms with Crippen LogP contribution in [0.3, 0.4) is 0 Å². The second-order valence-corrected chi connectivity index (χ2v) is 8.00. The first-order chi connectivity index (χ1) is 15.1. The third-order valence-electron chi connectivity index (χ3n) is 5.83. The van der Waals surface area contributed by atoms with Crippen molar-refractivity contribution in [3.8, 4) is 11.4 Å². The first kappa shape index (κ1) is 19.7. The van der Waals surface area contributed by atoms with Crippen molar-refractivity contribution >= 4 is 11.6 Å². The van der Waals surface area contributed by atoms with E-state index >= 15 is 0 Å². The number of hydrogen-bond donors (Lipinski definition) is 1. The lowest BCUT2D eigenvalue weighted by Crippen LogP contribution is -2.44. The monoisotopic (exact) mass is 420 g/mol. The molecule has 2 fully saturated rings. The number of anilines is 1. The summed E-state index contributed by atoms with van der Waals surface area (Å²) < 4.78 is 13.9. The lowest BCUT2D eigenvalue weighted by molar-refractivity contribution is 0.0615. The van der Waals surface area contributed by atoms with Gasteiger partial charge in [-0.2, -0.15) is 0 Å². The number of carbonyl (C=O) groups is 1. The fourth-order valence-corrected chi connectivity index (χ4v) is 4.17. The molecule has 3 aromatic rings. The Morgan fingerprint density at radius 2 is 1.77 bits per heavy atom. The summed E-state index contributed by atoms with van der Waals surface area (Å²) in [4.78, 5) is 14.7. The van der Waals surface area contributed by atoms with Crippen LogP contribution in [-0.2, 0) is 9.47 Å². The highest BCUT2D eigenvalue weighted by molar-refractivity contribution is 5.94. The van der Waals surface area contributed by atoms with Crippen LogP contribution in [0.25, 0.3) is 11.4 Å². The van der Waals surface area contributed by atoms with Gasteiger partial charge < -0.3 is 19.7 Å². The van der Waals surface area contributed by atoms with E-state index in [9.17, 15) is 4.79 Å². The Bertz CT molecular complexity index is 1050. The highest BCUT2D eigenvalue weighted by Gasteiger charge is 2.50. The molecular formula is C22H24N6O3. The van der Waals surface area contributed by atoms with Crippen molar-refractivity contribution in [2.24, 2.45) is 0 Å². The fourth-order valence-electron chi connectivity index (χ4n) is 4.17.